The smallest absolute Gasteiger partial charge is 0.324 e. The van der Waals surface area contributed by atoms with Gasteiger partial charge in [0.25, 0.3) is 0 Å². The number of hydrogen-bond acceptors (Lipinski definition) is 4. The van der Waals surface area contributed by atoms with E-state index in [1.54, 1.807) is 48.4 Å². The summed E-state index contributed by atoms with van der Waals surface area (Å²) in [6, 6.07) is 10.7. The summed E-state index contributed by atoms with van der Waals surface area (Å²) in [6.07, 6.45) is 3.34. The van der Waals surface area contributed by atoms with Crippen molar-refractivity contribution >= 4 is 17.5 Å². The molecule has 3 rings (SSSR count). The van der Waals surface area contributed by atoms with Gasteiger partial charge in [0.15, 0.2) is 17.4 Å². The quantitative estimate of drug-likeness (QED) is 0.747. The van der Waals surface area contributed by atoms with Crippen LogP contribution in [0.4, 0.5) is 20.7 Å². The maximum atomic E-state index is 14.1. The number of amides is 2. The Morgan fingerprint density at radius 3 is 2.80 bits per heavy atom. The molecule has 7 nitrogen and oxygen atoms in total. The molecule has 0 aliphatic carbocycles. The number of benzene rings is 1. The predicted molar refractivity (Wildman–Crippen MR) is 90.8 cm³/mol. The summed E-state index contributed by atoms with van der Waals surface area (Å²) in [6.45, 7) is 0.157. The van der Waals surface area contributed by atoms with Crippen molar-refractivity contribution in [3.8, 4) is 5.75 Å². The third kappa shape index (κ3) is 4.54. The first-order chi connectivity index (χ1) is 12.1. The van der Waals surface area contributed by atoms with E-state index in [4.69, 9.17) is 4.74 Å². The Kier molecular flexibility index (Phi) is 4.89. The third-order valence-corrected chi connectivity index (χ3v) is 3.25. The third-order valence-electron chi connectivity index (χ3n) is 3.25. The number of aromatic nitrogens is 3. The number of carbonyl (C=O) groups excluding carboxylic acids is 1. The molecule has 0 unspecified atom stereocenters. The van der Waals surface area contributed by atoms with Crippen LogP contribution in [0.15, 0.2) is 54.9 Å². The summed E-state index contributed by atoms with van der Waals surface area (Å²) in [4.78, 5) is 16.0. The number of pyridine rings is 1. The van der Waals surface area contributed by atoms with Crippen LogP contribution in [0.5, 0.6) is 5.75 Å². The summed E-state index contributed by atoms with van der Waals surface area (Å²) in [5.41, 5.74) is 0.995. The number of urea groups is 1. The number of carbonyl (C=O) groups is 1. The number of halogens is 1. The zero-order chi connectivity index (χ0) is 17.6. The molecule has 0 fully saturated rings. The standard InChI is InChI=1S/C17H16FN5O2/c1-23-9-7-16(22-23)21-17(24)20-12-5-6-15(14(18)10-12)25-11-13-4-2-3-8-19-13/h2-10H,11H2,1H3,(H2,20,21,22,24). The first kappa shape index (κ1) is 16.4. The van der Waals surface area contributed by atoms with Gasteiger partial charge in [0.1, 0.15) is 6.61 Å². The Balaban J connectivity index is 1.58. The van der Waals surface area contributed by atoms with Crippen LogP contribution in [0.25, 0.3) is 0 Å². The van der Waals surface area contributed by atoms with Gasteiger partial charge in [-0.3, -0.25) is 15.0 Å². The number of rotatable bonds is 5. The SMILES string of the molecule is Cn1ccc(NC(=O)Nc2ccc(OCc3ccccn3)c(F)c2)n1. The van der Waals surface area contributed by atoms with E-state index in [2.05, 4.69) is 20.7 Å². The first-order valence-corrected chi connectivity index (χ1v) is 7.50. The molecule has 2 N–H and O–H groups in total. The molecule has 0 radical (unpaired) electrons. The molecular formula is C17H16FN5O2. The molecule has 2 amide bonds. The van der Waals surface area contributed by atoms with Gasteiger partial charge in [-0.15, -0.1) is 0 Å². The van der Waals surface area contributed by atoms with Gasteiger partial charge in [0.2, 0.25) is 0 Å². The van der Waals surface area contributed by atoms with Gasteiger partial charge in [0.05, 0.1) is 5.69 Å². The average molecular weight is 341 g/mol. The average Bonchev–Trinajstić information content (AvgIpc) is 2.99. The van der Waals surface area contributed by atoms with E-state index in [9.17, 15) is 9.18 Å². The second-order valence-electron chi connectivity index (χ2n) is 5.21. The van der Waals surface area contributed by atoms with Crippen molar-refractivity contribution in [1.82, 2.24) is 14.8 Å². The number of nitrogens with one attached hydrogen (secondary N) is 2. The van der Waals surface area contributed by atoms with Gasteiger partial charge < -0.3 is 10.1 Å². The van der Waals surface area contributed by atoms with Crippen LogP contribution in [-0.2, 0) is 13.7 Å². The zero-order valence-corrected chi connectivity index (χ0v) is 13.4. The highest BCUT2D eigenvalue weighted by molar-refractivity contribution is 5.99. The minimum absolute atomic E-state index is 0.0846. The van der Waals surface area contributed by atoms with Crippen molar-refractivity contribution in [2.45, 2.75) is 6.61 Å². The number of aryl methyl sites for hydroxylation is 1. The van der Waals surface area contributed by atoms with Gasteiger partial charge in [-0.25, -0.2) is 9.18 Å². The molecule has 0 saturated carbocycles. The summed E-state index contributed by atoms with van der Waals surface area (Å²) in [5.74, 6) is -0.0938. The second-order valence-corrected chi connectivity index (χ2v) is 5.21. The number of ether oxygens (including phenoxy) is 1. The lowest BCUT2D eigenvalue weighted by Crippen LogP contribution is -2.19. The maximum absolute atomic E-state index is 14.1. The molecule has 8 heteroatoms. The van der Waals surface area contributed by atoms with E-state index >= 15 is 0 Å². The fourth-order valence-corrected chi connectivity index (χ4v) is 2.09. The lowest BCUT2D eigenvalue weighted by Gasteiger charge is -2.09. The Hall–Kier alpha value is -3.42. The Morgan fingerprint density at radius 2 is 2.12 bits per heavy atom. The van der Waals surface area contributed by atoms with Crippen LogP contribution in [0.2, 0.25) is 0 Å². The number of hydrogen-bond donors (Lipinski definition) is 2. The zero-order valence-electron chi connectivity index (χ0n) is 13.4. The minimum atomic E-state index is -0.577. The fraction of sp³-hybridized carbons (Fsp3) is 0.118. The van der Waals surface area contributed by atoms with Crippen molar-refractivity contribution in [2.24, 2.45) is 7.05 Å². The molecular weight excluding hydrogens is 325 g/mol. The molecule has 3 aromatic rings. The van der Waals surface area contributed by atoms with Gasteiger partial charge in [-0.2, -0.15) is 5.10 Å². The van der Waals surface area contributed by atoms with Crippen molar-refractivity contribution in [3.63, 3.8) is 0 Å². The van der Waals surface area contributed by atoms with Crippen molar-refractivity contribution < 1.29 is 13.9 Å². The summed E-state index contributed by atoms with van der Waals surface area (Å²) >= 11 is 0. The highest BCUT2D eigenvalue weighted by atomic mass is 19.1. The van der Waals surface area contributed by atoms with Crippen LogP contribution in [0, 0.1) is 5.82 Å². The van der Waals surface area contributed by atoms with E-state index in [1.807, 2.05) is 6.07 Å². The van der Waals surface area contributed by atoms with E-state index in [-0.39, 0.29) is 12.4 Å². The highest BCUT2D eigenvalue weighted by Crippen LogP contribution is 2.22. The van der Waals surface area contributed by atoms with Gasteiger partial charge in [-0.05, 0) is 24.3 Å². The molecule has 2 aromatic heterocycles. The van der Waals surface area contributed by atoms with Crippen molar-refractivity contribution in [3.05, 3.63) is 66.4 Å². The molecule has 2 heterocycles. The summed E-state index contributed by atoms with van der Waals surface area (Å²) in [5, 5.41) is 9.10. The molecule has 0 bridgehead atoms. The molecule has 0 saturated heterocycles. The van der Waals surface area contributed by atoms with E-state index in [0.29, 0.717) is 17.2 Å². The molecule has 25 heavy (non-hydrogen) atoms. The van der Waals surface area contributed by atoms with Gasteiger partial charge in [0, 0.05) is 37.3 Å². The lowest BCUT2D eigenvalue weighted by atomic mass is 10.3. The van der Waals surface area contributed by atoms with Crippen LogP contribution in [0.1, 0.15) is 5.69 Å². The first-order valence-electron chi connectivity index (χ1n) is 7.50. The monoisotopic (exact) mass is 341 g/mol. The molecule has 0 aliphatic heterocycles. The van der Waals surface area contributed by atoms with Crippen LogP contribution in [0.3, 0.4) is 0 Å². The molecule has 128 valence electrons. The van der Waals surface area contributed by atoms with E-state index in [1.165, 1.54) is 12.1 Å². The minimum Gasteiger partial charge on any atom is -0.484 e. The Morgan fingerprint density at radius 1 is 1.24 bits per heavy atom. The Bertz CT molecular complexity index is 866. The summed E-state index contributed by atoms with van der Waals surface area (Å²) < 4.78 is 21.1. The normalized spacial score (nSPS) is 10.3. The largest absolute Gasteiger partial charge is 0.484 e. The second kappa shape index (κ2) is 7.43. The van der Waals surface area contributed by atoms with Crippen LogP contribution in [-0.4, -0.2) is 20.8 Å². The number of anilines is 2. The molecule has 1 aromatic carbocycles. The lowest BCUT2D eigenvalue weighted by molar-refractivity contribution is 0.262. The topological polar surface area (TPSA) is 81.1 Å². The van der Waals surface area contributed by atoms with Crippen LogP contribution >= 0.6 is 0 Å². The fourth-order valence-electron chi connectivity index (χ4n) is 2.09. The molecule has 0 aliphatic rings. The molecule has 0 atom stereocenters. The van der Waals surface area contributed by atoms with Gasteiger partial charge >= 0.3 is 6.03 Å². The summed E-state index contributed by atoms with van der Waals surface area (Å²) in [7, 11) is 1.74. The Labute approximate surface area is 143 Å². The van der Waals surface area contributed by atoms with Crippen molar-refractivity contribution in [2.75, 3.05) is 10.6 Å². The highest BCUT2D eigenvalue weighted by Gasteiger charge is 2.09. The van der Waals surface area contributed by atoms with Crippen LogP contribution < -0.4 is 15.4 Å². The molecule has 0 spiro atoms. The maximum Gasteiger partial charge on any atom is 0.324 e. The van der Waals surface area contributed by atoms with E-state index in [0.717, 1.165) is 0 Å². The number of nitrogens with zero attached hydrogens (tertiary/aromatic N) is 3. The van der Waals surface area contributed by atoms with Gasteiger partial charge in [-0.1, -0.05) is 6.07 Å². The predicted octanol–water partition coefficient (Wildman–Crippen LogP) is 3.18. The van der Waals surface area contributed by atoms with E-state index < -0.39 is 11.8 Å². The van der Waals surface area contributed by atoms with Crippen molar-refractivity contribution in [1.29, 1.82) is 0 Å².